The van der Waals surface area contributed by atoms with Crippen molar-refractivity contribution in [2.45, 2.75) is 26.8 Å². The average molecular weight is 199 g/mol. The van der Waals surface area contributed by atoms with Crippen molar-refractivity contribution in [3.05, 3.63) is 48.2 Å². The molecule has 0 fully saturated rings. The highest BCUT2D eigenvalue weighted by atomic mass is 14.9. The number of para-hydroxylation sites is 1. The Morgan fingerprint density at radius 2 is 2.07 bits per heavy atom. The van der Waals surface area contributed by atoms with Crippen LogP contribution in [0.1, 0.15) is 20.3 Å². The molecule has 0 saturated heterocycles. The normalized spacial score (nSPS) is 12.3. The zero-order valence-corrected chi connectivity index (χ0v) is 9.40. The highest BCUT2D eigenvalue weighted by Crippen LogP contribution is 2.16. The van der Waals surface area contributed by atoms with Crippen LogP contribution in [-0.2, 0) is 6.54 Å². The number of benzene rings is 1. The standard InChI is InChI=1S/C14H17N/c1-3-12(2)8-10-15-11-9-13-6-4-5-7-14(13)15/h3-7,9,11H,8,10H2,1-2H3/b12-3-. The molecule has 1 heteroatoms. The fourth-order valence-electron chi connectivity index (χ4n) is 1.78. The van der Waals surface area contributed by atoms with Gasteiger partial charge in [-0.1, -0.05) is 29.8 Å². The first kappa shape index (κ1) is 10.0. The summed E-state index contributed by atoms with van der Waals surface area (Å²) in [6, 6.07) is 10.7. The zero-order valence-electron chi connectivity index (χ0n) is 9.40. The Morgan fingerprint density at radius 3 is 2.87 bits per heavy atom. The van der Waals surface area contributed by atoms with Crippen LogP contribution in [0, 0.1) is 0 Å². The minimum Gasteiger partial charge on any atom is -0.347 e. The summed E-state index contributed by atoms with van der Waals surface area (Å²) in [5, 5.41) is 1.33. The number of rotatable bonds is 3. The summed E-state index contributed by atoms with van der Waals surface area (Å²) >= 11 is 0. The van der Waals surface area contributed by atoms with Crippen molar-refractivity contribution in [2.24, 2.45) is 0 Å². The molecule has 1 heterocycles. The monoisotopic (exact) mass is 199 g/mol. The molecular weight excluding hydrogens is 182 g/mol. The SMILES string of the molecule is C/C=C(/C)CCn1ccc2ccccc21. The fourth-order valence-corrected chi connectivity index (χ4v) is 1.78. The predicted molar refractivity (Wildman–Crippen MR) is 66.0 cm³/mol. The summed E-state index contributed by atoms with van der Waals surface area (Å²) < 4.78 is 2.32. The van der Waals surface area contributed by atoms with Crippen LogP contribution in [-0.4, -0.2) is 4.57 Å². The zero-order chi connectivity index (χ0) is 10.7. The van der Waals surface area contributed by atoms with E-state index in [0.717, 1.165) is 13.0 Å². The van der Waals surface area contributed by atoms with E-state index in [0.29, 0.717) is 0 Å². The molecule has 2 rings (SSSR count). The van der Waals surface area contributed by atoms with E-state index < -0.39 is 0 Å². The molecule has 0 bridgehead atoms. The van der Waals surface area contributed by atoms with Crippen molar-refractivity contribution in [3.8, 4) is 0 Å². The van der Waals surface area contributed by atoms with Crippen LogP contribution in [0.5, 0.6) is 0 Å². The first-order valence-corrected chi connectivity index (χ1v) is 5.47. The third-order valence-electron chi connectivity index (χ3n) is 2.92. The molecule has 0 unspecified atom stereocenters. The van der Waals surface area contributed by atoms with Crippen molar-refractivity contribution in [2.75, 3.05) is 0 Å². The van der Waals surface area contributed by atoms with Crippen LogP contribution < -0.4 is 0 Å². The predicted octanol–water partition coefficient (Wildman–Crippen LogP) is 4.00. The molecule has 0 aliphatic heterocycles. The van der Waals surface area contributed by atoms with Gasteiger partial charge in [-0.3, -0.25) is 0 Å². The van der Waals surface area contributed by atoms with Gasteiger partial charge < -0.3 is 4.57 Å². The summed E-state index contributed by atoms with van der Waals surface area (Å²) in [6.45, 7) is 5.36. The Kier molecular flexibility index (Phi) is 2.91. The summed E-state index contributed by atoms with van der Waals surface area (Å²) in [5.41, 5.74) is 2.79. The molecule has 0 amide bonds. The number of hydrogen-bond acceptors (Lipinski definition) is 0. The van der Waals surface area contributed by atoms with E-state index in [9.17, 15) is 0 Å². The Balaban J connectivity index is 2.22. The lowest BCUT2D eigenvalue weighted by molar-refractivity contribution is 0.717. The van der Waals surface area contributed by atoms with E-state index in [2.05, 4.69) is 61.0 Å². The first-order valence-electron chi connectivity index (χ1n) is 5.47. The van der Waals surface area contributed by atoms with Crippen molar-refractivity contribution < 1.29 is 0 Å². The Morgan fingerprint density at radius 1 is 1.27 bits per heavy atom. The van der Waals surface area contributed by atoms with Gasteiger partial charge in [-0.2, -0.15) is 0 Å². The van der Waals surface area contributed by atoms with E-state index in [1.54, 1.807) is 0 Å². The third kappa shape index (κ3) is 2.12. The van der Waals surface area contributed by atoms with Crippen LogP contribution in [0.3, 0.4) is 0 Å². The lowest BCUT2D eigenvalue weighted by atomic mass is 10.2. The minimum absolute atomic E-state index is 1.07. The van der Waals surface area contributed by atoms with E-state index in [1.807, 2.05) is 0 Å². The fraction of sp³-hybridized carbons (Fsp3) is 0.286. The number of nitrogens with zero attached hydrogens (tertiary/aromatic N) is 1. The van der Waals surface area contributed by atoms with E-state index >= 15 is 0 Å². The second kappa shape index (κ2) is 4.35. The molecule has 0 atom stereocenters. The lowest BCUT2D eigenvalue weighted by Crippen LogP contribution is -1.96. The van der Waals surface area contributed by atoms with Gasteiger partial charge in [0.25, 0.3) is 0 Å². The molecule has 2 aromatic rings. The average Bonchev–Trinajstić information content (AvgIpc) is 2.69. The van der Waals surface area contributed by atoms with Crippen LogP contribution in [0.15, 0.2) is 48.2 Å². The van der Waals surface area contributed by atoms with Gasteiger partial charge in [-0.15, -0.1) is 0 Å². The van der Waals surface area contributed by atoms with Gasteiger partial charge in [0.1, 0.15) is 0 Å². The Labute approximate surface area is 91.0 Å². The topological polar surface area (TPSA) is 4.93 Å². The van der Waals surface area contributed by atoms with E-state index in [1.165, 1.54) is 16.5 Å². The maximum atomic E-state index is 2.32. The minimum atomic E-state index is 1.07. The van der Waals surface area contributed by atoms with Crippen LogP contribution >= 0.6 is 0 Å². The number of hydrogen-bond donors (Lipinski definition) is 0. The van der Waals surface area contributed by atoms with Crippen LogP contribution in [0.25, 0.3) is 10.9 Å². The second-order valence-electron chi connectivity index (χ2n) is 3.95. The number of allylic oxidation sites excluding steroid dienone is 2. The molecule has 15 heavy (non-hydrogen) atoms. The molecule has 0 saturated carbocycles. The molecule has 0 N–H and O–H groups in total. The number of aryl methyl sites for hydroxylation is 1. The summed E-state index contributed by atoms with van der Waals surface area (Å²) in [7, 11) is 0. The lowest BCUT2D eigenvalue weighted by Gasteiger charge is -2.05. The van der Waals surface area contributed by atoms with Crippen molar-refractivity contribution in [3.63, 3.8) is 0 Å². The molecular formula is C14H17N. The maximum absolute atomic E-state index is 2.32. The molecule has 78 valence electrons. The molecule has 1 aromatic heterocycles. The maximum Gasteiger partial charge on any atom is 0.0480 e. The van der Waals surface area contributed by atoms with E-state index in [-0.39, 0.29) is 0 Å². The van der Waals surface area contributed by atoms with Gasteiger partial charge >= 0.3 is 0 Å². The highest BCUT2D eigenvalue weighted by Gasteiger charge is 1.99. The second-order valence-corrected chi connectivity index (χ2v) is 3.95. The van der Waals surface area contributed by atoms with Gasteiger partial charge in [0.15, 0.2) is 0 Å². The van der Waals surface area contributed by atoms with Gasteiger partial charge in [0.05, 0.1) is 0 Å². The van der Waals surface area contributed by atoms with Crippen LogP contribution in [0.2, 0.25) is 0 Å². The smallest absolute Gasteiger partial charge is 0.0480 e. The van der Waals surface area contributed by atoms with E-state index in [4.69, 9.17) is 0 Å². The highest BCUT2D eigenvalue weighted by molar-refractivity contribution is 5.79. The third-order valence-corrected chi connectivity index (χ3v) is 2.92. The summed E-state index contributed by atoms with van der Waals surface area (Å²) in [4.78, 5) is 0. The number of aromatic nitrogens is 1. The van der Waals surface area contributed by atoms with Crippen molar-refractivity contribution in [1.82, 2.24) is 4.57 Å². The first-order chi connectivity index (χ1) is 7.31. The summed E-state index contributed by atoms with van der Waals surface area (Å²) in [6.07, 6.45) is 5.49. The molecule has 1 nitrogen and oxygen atoms in total. The largest absolute Gasteiger partial charge is 0.347 e. The molecule has 0 aliphatic rings. The Hall–Kier alpha value is -1.50. The summed E-state index contributed by atoms with van der Waals surface area (Å²) in [5.74, 6) is 0. The quantitative estimate of drug-likeness (QED) is 0.658. The van der Waals surface area contributed by atoms with Gasteiger partial charge in [0, 0.05) is 18.3 Å². The molecule has 0 radical (unpaired) electrons. The van der Waals surface area contributed by atoms with Gasteiger partial charge in [-0.25, -0.2) is 0 Å². The molecule has 1 aromatic carbocycles. The van der Waals surface area contributed by atoms with Gasteiger partial charge in [-0.05, 0) is 37.8 Å². The van der Waals surface area contributed by atoms with Gasteiger partial charge in [0.2, 0.25) is 0 Å². The van der Waals surface area contributed by atoms with Crippen molar-refractivity contribution >= 4 is 10.9 Å². The molecule has 0 aliphatic carbocycles. The van der Waals surface area contributed by atoms with Crippen molar-refractivity contribution in [1.29, 1.82) is 0 Å². The Bertz CT molecular complexity index is 477. The molecule has 0 spiro atoms. The number of fused-ring (bicyclic) bond motifs is 1. The van der Waals surface area contributed by atoms with Crippen LogP contribution in [0.4, 0.5) is 0 Å².